The molecule has 0 saturated carbocycles. The average molecular weight is 257 g/mol. The molecule has 2 aromatic carbocycles. The number of ketones is 1. The van der Waals surface area contributed by atoms with Crippen molar-refractivity contribution in [1.82, 2.24) is 5.32 Å². The molecule has 18 heavy (non-hydrogen) atoms. The molecule has 1 N–H and O–H groups in total. The van der Waals surface area contributed by atoms with Crippen LogP contribution in [-0.2, 0) is 4.79 Å². The van der Waals surface area contributed by atoms with E-state index in [-0.39, 0.29) is 5.54 Å². The van der Waals surface area contributed by atoms with Gasteiger partial charge in [0.05, 0.1) is 12.1 Å². The highest BCUT2D eigenvalue weighted by Gasteiger charge is 2.40. The lowest BCUT2D eigenvalue weighted by atomic mass is 9.91. The molecule has 3 heteroatoms. The van der Waals surface area contributed by atoms with Crippen molar-refractivity contribution in [2.45, 2.75) is 17.4 Å². The molecule has 0 aliphatic carbocycles. The van der Waals surface area contributed by atoms with Crippen LogP contribution in [0.4, 0.5) is 0 Å². The van der Waals surface area contributed by atoms with Crippen molar-refractivity contribution in [3.05, 3.63) is 42.5 Å². The van der Waals surface area contributed by atoms with E-state index in [1.807, 2.05) is 13.0 Å². The minimum Gasteiger partial charge on any atom is -0.297 e. The van der Waals surface area contributed by atoms with Crippen LogP contribution in [0.15, 0.2) is 47.4 Å². The van der Waals surface area contributed by atoms with Crippen LogP contribution in [0.1, 0.15) is 6.92 Å². The molecule has 0 bridgehead atoms. The largest absolute Gasteiger partial charge is 0.297 e. The highest BCUT2D eigenvalue weighted by molar-refractivity contribution is 7.99. The molecule has 1 saturated heterocycles. The van der Waals surface area contributed by atoms with E-state index in [0.717, 1.165) is 5.75 Å². The van der Waals surface area contributed by atoms with Crippen molar-refractivity contribution in [1.29, 1.82) is 0 Å². The van der Waals surface area contributed by atoms with Gasteiger partial charge in [-0.05, 0) is 29.8 Å². The van der Waals surface area contributed by atoms with Gasteiger partial charge in [-0.2, -0.15) is 0 Å². The molecule has 0 radical (unpaired) electrons. The zero-order chi connectivity index (χ0) is 12.6. The first-order chi connectivity index (χ1) is 8.67. The zero-order valence-corrected chi connectivity index (χ0v) is 11.1. The first-order valence-electron chi connectivity index (χ1n) is 6.07. The number of carbonyl (C=O) groups is 1. The fourth-order valence-corrected chi connectivity index (χ4v) is 3.17. The van der Waals surface area contributed by atoms with Crippen LogP contribution < -0.4 is 5.32 Å². The molecular formula is C15H15NOS. The molecule has 1 aliphatic rings. The van der Waals surface area contributed by atoms with Gasteiger partial charge < -0.3 is 0 Å². The van der Waals surface area contributed by atoms with E-state index in [0.29, 0.717) is 12.3 Å². The van der Waals surface area contributed by atoms with Crippen LogP contribution in [0, 0.1) is 0 Å². The molecular weight excluding hydrogens is 242 g/mol. The number of hydrogen-bond donors (Lipinski definition) is 1. The minimum atomic E-state index is -0.323. The number of carbonyl (C=O) groups excluding carboxylic acids is 1. The molecule has 1 aliphatic heterocycles. The van der Waals surface area contributed by atoms with Crippen molar-refractivity contribution in [3.8, 4) is 0 Å². The van der Waals surface area contributed by atoms with Gasteiger partial charge in [-0.25, -0.2) is 0 Å². The van der Waals surface area contributed by atoms with Crippen molar-refractivity contribution < 1.29 is 4.79 Å². The Bertz CT molecular complexity index is 610. The molecule has 1 fully saturated rings. The Balaban J connectivity index is 1.77. The SMILES string of the molecule is CC1(CSc2ccc3ccccc3c2)NCC1=O. The number of nitrogens with one attached hydrogen (secondary N) is 1. The summed E-state index contributed by atoms with van der Waals surface area (Å²) in [6.07, 6.45) is 0. The van der Waals surface area contributed by atoms with E-state index < -0.39 is 0 Å². The topological polar surface area (TPSA) is 29.1 Å². The van der Waals surface area contributed by atoms with E-state index >= 15 is 0 Å². The quantitative estimate of drug-likeness (QED) is 0.857. The van der Waals surface area contributed by atoms with Gasteiger partial charge in [0.25, 0.3) is 0 Å². The van der Waals surface area contributed by atoms with Gasteiger partial charge in [-0.1, -0.05) is 30.3 Å². The smallest absolute Gasteiger partial charge is 0.167 e. The van der Waals surface area contributed by atoms with Crippen molar-refractivity contribution >= 4 is 28.3 Å². The molecule has 1 heterocycles. The lowest BCUT2D eigenvalue weighted by Gasteiger charge is -2.37. The number of Topliss-reactive ketones (excluding diaryl/α,β-unsaturated/α-hetero) is 1. The van der Waals surface area contributed by atoms with E-state index in [1.54, 1.807) is 11.8 Å². The van der Waals surface area contributed by atoms with E-state index in [2.05, 4.69) is 41.7 Å². The Morgan fingerprint density at radius 2 is 2.00 bits per heavy atom. The number of benzene rings is 2. The van der Waals surface area contributed by atoms with Crippen LogP contribution in [0.2, 0.25) is 0 Å². The summed E-state index contributed by atoms with van der Waals surface area (Å²) in [6.45, 7) is 2.50. The zero-order valence-electron chi connectivity index (χ0n) is 10.3. The normalized spacial score (nSPS) is 23.1. The fourth-order valence-electron chi connectivity index (χ4n) is 2.08. The first kappa shape index (κ1) is 11.8. The van der Waals surface area contributed by atoms with Crippen molar-refractivity contribution in [2.24, 2.45) is 0 Å². The van der Waals surface area contributed by atoms with Gasteiger partial charge in [0.15, 0.2) is 5.78 Å². The lowest BCUT2D eigenvalue weighted by Crippen LogP contribution is -2.65. The third-order valence-electron chi connectivity index (χ3n) is 3.50. The van der Waals surface area contributed by atoms with Gasteiger partial charge in [0, 0.05) is 10.6 Å². The van der Waals surface area contributed by atoms with Crippen molar-refractivity contribution in [3.63, 3.8) is 0 Å². The third kappa shape index (κ3) is 2.04. The maximum absolute atomic E-state index is 11.5. The second-order valence-electron chi connectivity index (χ2n) is 4.91. The van der Waals surface area contributed by atoms with Gasteiger partial charge in [0.2, 0.25) is 0 Å². The Morgan fingerprint density at radius 3 is 2.67 bits per heavy atom. The lowest BCUT2D eigenvalue weighted by molar-refractivity contribution is -0.129. The minimum absolute atomic E-state index is 0.316. The Morgan fingerprint density at radius 1 is 1.22 bits per heavy atom. The molecule has 0 spiro atoms. The van der Waals surface area contributed by atoms with Crippen LogP contribution in [0.5, 0.6) is 0 Å². The molecule has 1 unspecified atom stereocenters. The van der Waals surface area contributed by atoms with Gasteiger partial charge in [-0.3, -0.25) is 10.1 Å². The van der Waals surface area contributed by atoms with Gasteiger partial charge in [-0.15, -0.1) is 11.8 Å². The van der Waals surface area contributed by atoms with Gasteiger partial charge in [0.1, 0.15) is 0 Å². The summed E-state index contributed by atoms with van der Waals surface area (Å²) in [4.78, 5) is 12.7. The highest BCUT2D eigenvalue weighted by Crippen LogP contribution is 2.28. The highest BCUT2D eigenvalue weighted by atomic mass is 32.2. The molecule has 0 aromatic heterocycles. The van der Waals surface area contributed by atoms with Crippen LogP contribution >= 0.6 is 11.8 Å². The molecule has 3 rings (SSSR count). The molecule has 2 aromatic rings. The predicted octanol–water partition coefficient (Wildman–Crippen LogP) is 2.86. The Hall–Kier alpha value is -1.32. The summed E-state index contributed by atoms with van der Waals surface area (Å²) in [5, 5.41) is 5.71. The van der Waals surface area contributed by atoms with Crippen LogP contribution in [0.25, 0.3) is 10.8 Å². The van der Waals surface area contributed by atoms with E-state index in [4.69, 9.17) is 0 Å². The number of fused-ring (bicyclic) bond motifs is 1. The summed E-state index contributed by atoms with van der Waals surface area (Å²) in [5.74, 6) is 1.11. The standard InChI is InChI=1S/C15H15NOS/c1-15(14(17)9-16-15)10-18-13-7-6-11-4-2-3-5-12(11)8-13/h2-8,16H,9-10H2,1H3. The van der Waals surface area contributed by atoms with Gasteiger partial charge >= 0.3 is 0 Å². The summed E-state index contributed by atoms with van der Waals surface area (Å²) in [6, 6.07) is 14.8. The molecule has 2 nitrogen and oxygen atoms in total. The average Bonchev–Trinajstić information content (AvgIpc) is 2.43. The van der Waals surface area contributed by atoms with Crippen LogP contribution in [0.3, 0.4) is 0 Å². The van der Waals surface area contributed by atoms with Crippen LogP contribution in [-0.4, -0.2) is 23.6 Å². The summed E-state index contributed by atoms with van der Waals surface area (Å²) < 4.78 is 0. The van der Waals surface area contributed by atoms with E-state index in [9.17, 15) is 4.79 Å². The second-order valence-corrected chi connectivity index (χ2v) is 5.96. The maximum Gasteiger partial charge on any atom is 0.167 e. The fraction of sp³-hybridized carbons (Fsp3) is 0.267. The monoisotopic (exact) mass is 257 g/mol. The number of rotatable bonds is 3. The maximum atomic E-state index is 11.5. The summed E-state index contributed by atoms with van der Waals surface area (Å²) in [5.41, 5.74) is -0.323. The van der Waals surface area contributed by atoms with Crippen molar-refractivity contribution in [2.75, 3.05) is 12.3 Å². The Kier molecular flexibility index (Phi) is 2.88. The number of hydrogen-bond acceptors (Lipinski definition) is 3. The third-order valence-corrected chi connectivity index (χ3v) is 4.81. The Labute approximate surface area is 111 Å². The van der Waals surface area contributed by atoms with E-state index in [1.165, 1.54) is 15.7 Å². The first-order valence-corrected chi connectivity index (χ1v) is 7.06. The summed E-state index contributed by atoms with van der Waals surface area (Å²) >= 11 is 1.74. The number of thioether (sulfide) groups is 1. The summed E-state index contributed by atoms with van der Waals surface area (Å²) in [7, 11) is 0. The second kappa shape index (κ2) is 4.41. The molecule has 92 valence electrons. The molecule has 1 atom stereocenters. The molecule has 0 amide bonds. The predicted molar refractivity (Wildman–Crippen MR) is 76.1 cm³/mol.